The molecule has 0 unspecified atom stereocenters. The van der Waals surface area contributed by atoms with Crippen molar-refractivity contribution in [1.82, 2.24) is 4.90 Å². The Hall–Kier alpha value is -2.38. The molecule has 0 aliphatic carbocycles. The van der Waals surface area contributed by atoms with Crippen LogP contribution in [0.2, 0.25) is 5.02 Å². The zero-order chi connectivity index (χ0) is 19.4. The van der Waals surface area contributed by atoms with E-state index in [1.807, 2.05) is 11.9 Å². The van der Waals surface area contributed by atoms with E-state index in [0.29, 0.717) is 23.0 Å². The molecule has 1 saturated heterocycles. The summed E-state index contributed by atoms with van der Waals surface area (Å²) in [6.07, 6.45) is 1.77. The predicted molar refractivity (Wildman–Crippen MR) is 107 cm³/mol. The second kappa shape index (κ2) is 8.10. The Kier molecular flexibility index (Phi) is 5.82. The van der Waals surface area contributed by atoms with E-state index in [4.69, 9.17) is 11.6 Å². The molecule has 6 nitrogen and oxygen atoms in total. The first-order valence-electron chi connectivity index (χ1n) is 8.53. The maximum atomic E-state index is 12.4. The van der Waals surface area contributed by atoms with Crippen LogP contribution in [-0.4, -0.2) is 38.7 Å². The fourth-order valence-electron chi connectivity index (χ4n) is 2.80. The van der Waals surface area contributed by atoms with E-state index in [9.17, 15) is 13.2 Å². The fraction of sp³-hybridized carbons (Fsp3) is 0.263. The lowest BCUT2D eigenvalue weighted by atomic mass is 10.1. The summed E-state index contributed by atoms with van der Waals surface area (Å²) in [7, 11) is -1.92. The molecule has 0 atom stereocenters. The van der Waals surface area contributed by atoms with Crippen LogP contribution >= 0.6 is 11.6 Å². The van der Waals surface area contributed by atoms with Gasteiger partial charge in [0.05, 0.1) is 11.3 Å². The van der Waals surface area contributed by atoms with Crippen molar-refractivity contribution in [3.63, 3.8) is 0 Å². The minimum absolute atomic E-state index is 0.103. The maximum absolute atomic E-state index is 12.4. The summed E-state index contributed by atoms with van der Waals surface area (Å²) >= 11 is 5.83. The van der Waals surface area contributed by atoms with Crippen molar-refractivity contribution < 1.29 is 13.2 Å². The van der Waals surface area contributed by atoms with Gasteiger partial charge in [-0.3, -0.25) is 4.79 Å². The lowest BCUT2D eigenvalue weighted by molar-refractivity contribution is -0.115. The number of carbonyl (C=O) groups excluding carboxylic acids is 1. The van der Waals surface area contributed by atoms with Gasteiger partial charge in [-0.1, -0.05) is 23.7 Å². The van der Waals surface area contributed by atoms with Gasteiger partial charge in [-0.05, 0) is 48.4 Å². The molecule has 1 amide bonds. The Bertz CT molecular complexity index is 955. The quantitative estimate of drug-likeness (QED) is 0.827. The molecule has 2 aromatic carbocycles. The van der Waals surface area contributed by atoms with Crippen molar-refractivity contribution in [3.05, 3.63) is 59.1 Å². The number of carbonyl (C=O) groups is 1. The van der Waals surface area contributed by atoms with E-state index in [-0.39, 0.29) is 17.2 Å². The van der Waals surface area contributed by atoms with E-state index < -0.39 is 10.0 Å². The molecule has 1 aliphatic heterocycles. The molecule has 0 bridgehead atoms. The lowest BCUT2D eigenvalue weighted by Gasteiger charge is -2.11. The topological polar surface area (TPSA) is 78.8 Å². The van der Waals surface area contributed by atoms with Gasteiger partial charge in [-0.2, -0.15) is 8.42 Å². The lowest BCUT2D eigenvalue weighted by Crippen LogP contribution is -2.20. The highest BCUT2D eigenvalue weighted by Crippen LogP contribution is 2.19. The second-order valence-electron chi connectivity index (χ2n) is 6.38. The minimum Gasteiger partial charge on any atom is -0.362 e. The van der Waals surface area contributed by atoms with Gasteiger partial charge in [-0.15, -0.1) is 4.40 Å². The van der Waals surface area contributed by atoms with Crippen LogP contribution in [0.5, 0.6) is 0 Å². The number of benzene rings is 2. The average Bonchev–Trinajstić information content (AvgIpc) is 3.01. The van der Waals surface area contributed by atoms with E-state index >= 15 is 0 Å². The van der Waals surface area contributed by atoms with Crippen LogP contribution in [0.4, 0.5) is 5.69 Å². The molecule has 1 fully saturated rings. The van der Waals surface area contributed by atoms with Gasteiger partial charge in [0, 0.05) is 30.7 Å². The van der Waals surface area contributed by atoms with Crippen molar-refractivity contribution in [2.24, 2.45) is 4.40 Å². The van der Waals surface area contributed by atoms with Gasteiger partial charge in [0.25, 0.3) is 10.0 Å². The summed E-state index contributed by atoms with van der Waals surface area (Å²) in [6, 6.07) is 13.1. The Labute approximate surface area is 163 Å². The zero-order valence-corrected chi connectivity index (χ0v) is 16.4. The second-order valence-corrected chi connectivity index (χ2v) is 8.42. The Balaban J connectivity index is 1.66. The van der Waals surface area contributed by atoms with Crippen LogP contribution < -0.4 is 5.32 Å². The minimum atomic E-state index is -3.75. The fourth-order valence-corrected chi connectivity index (χ4v) is 4.02. The number of sulfonamides is 1. The third-order valence-corrected chi connectivity index (χ3v) is 5.84. The predicted octanol–water partition coefficient (Wildman–Crippen LogP) is 3.33. The summed E-state index contributed by atoms with van der Waals surface area (Å²) in [6.45, 7) is 0.812. The maximum Gasteiger partial charge on any atom is 0.283 e. The smallest absolute Gasteiger partial charge is 0.283 e. The van der Waals surface area contributed by atoms with Crippen LogP contribution in [0.1, 0.15) is 18.4 Å². The molecule has 0 saturated carbocycles. The summed E-state index contributed by atoms with van der Waals surface area (Å²) in [5.41, 5.74) is 1.37. The number of nitrogens with zero attached hydrogens (tertiary/aromatic N) is 2. The van der Waals surface area contributed by atoms with Crippen molar-refractivity contribution in [3.8, 4) is 0 Å². The molecule has 1 heterocycles. The number of likely N-dealkylation sites (tertiary alicyclic amines) is 1. The third kappa shape index (κ3) is 5.08. The van der Waals surface area contributed by atoms with Crippen LogP contribution in [0.25, 0.3) is 0 Å². The number of rotatable bonds is 5. The number of nitrogens with one attached hydrogen (secondary N) is 1. The molecule has 142 valence electrons. The molecule has 1 aliphatic rings. The van der Waals surface area contributed by atoms with Crippen molar-refractivity contribution in [2.45, 2.75) is 24.2 Å². The van der Waals surface area contributed by atoms with Gasteiger partial charge in [0.15, 0.2) is 0 Å². The van der Waals surface area contributed by atoms with E-state index in [2.05, 4.69) is 9.71 Å². The molecule has 3 rings (SSSR count). The highest BCUT2D eigenvalue weighted by molar-refractivity contribution is 7.90. The van der Waals surface area contributed by atoms with Crippen LogP contribution in [0.15, 0.2) is 57.8 Å². The number of amidine groups is 1. The van der Waals surface area contributed by atoms with Crippen LogP contribution in [0.3, 0.4) is 0 Å². The number of halogens is 1. The van der Waals surface area contributed by atoms with E-state index in [1.54, 1.807) is 36.4 Å². The van der Waals surface area contributed by atoms with E-state index in [0.717, 1.165) is 18.5 Å². The average molecular weight is 406 g/mol. The number of hydrogen-bond donors (Lipinski definition) is 1. The number of amides is 1. The monoisotopic (exact) mass is 405 g/mol. The van der Waals surface area contributed by atoms with Gasteiger partial charge in [0.2, 0.25) is 5.91 Å². The van der Waals surface area contributed by atoms with Gasteiger partial charge >= 0.3 is 0 Å². The van der Waals surface area contributed by atoms with Crippen LogP contribution in [0, 0.1) is 0 Å². The Morgan fingerprint density at radius 3 is 2.41 bits per heavy atom. The first kappa shape index (κ1) is 19.4. The first-order valence-corrected chi connectivity index (χ1v) is 10.3. The largest absolute Gasteiger partial charge is 0.362 e. The van der Waals surface area contributed by atoms with Gasteiger partial charge in [-0.25, -0.2) is 0 Å². The normalized spacial score (nSPS) is 15.9. The third-order valence-electron chi connectivity index (χ3n) is 4.27. The molecule has 0 radical (unpaired) electrons. The Morgan fingerprint density at radius 1 is 1.15 bits per heavy atom. The molecule has 0 aromatic heterocycles. The summed E-state index contributed by atoms with van der Waals surface area (Å²) < 4.78 is 28.8. The Morgan fingerprint density at radius 2 is 1.81 bits per heavy atom. The molecular weight excluding hydrogens is 386 g/mol. The first-order chi connectivity index (χ1) is 12.8. The van der Waals surface area contributed by atoms with Crippen LogP contribution in [-0.2, 0) is 21.2 Å². The SMILES string of the molecule is CN1CCCC1=NS(=O)(=O)c1ccc(NC(=O)Cc2ccc(Cl)cc2)cc1. The van der Waals surface area contributed by atoms with Gasteiger partial charge < -0.3 is 10.2 Å². The molecule has 0 spiro atoms. The standard InChI is InChI=1S/C19H20ClN3O3S/c1-23-12-2-3-18(23)22-27(25,26)17-10-8-16(9-11-17)21-19(24)13-14-4-6-15(20)7-5-14/h4-11H,2-3,12-13H2,1H3,(H,21,24). The molecule has 8 heteroatoms. The summed E-state index contributed by atoms with van der Waals surface area (Å²) in [5.74, 6) is 0.385. The number of anilines is 1. The van der Waals surface area contributed by atoms with Crippen molar-refractivity contribution >= 4 is 39.1 Å². The molecule has 2 aromatic rings. The van der Waals surface area contributed by atoms with Crippen molar-refractivity contribution in [2.75, 3.05) is 18.9 Å². The summed E-state index contributed by atoms with van der Waals surface area (Å²) in [5, 5.41) is 3.37. The van der Waals surface area contributed by atoms with E-state index in [1.165, 1.54) is 12.1 Å². The highest BCUT2D eigenvalue weighted by Gasteiger charge is 2.20. The molecule has 1 N–H and O–H groups in total. The van der Waals surface area contributed by atoms with Gasteiger partial charge in [0.1, 0.15) is 5.84 Å². The highest BCUT2D eigenvalue weighted by atomic mass is 35.5. The van der Waals surface area contributed by atoms with Crippen molar-refractivity contribution in [1.29, 1.82) is 0 Å². The molecular formula is C19H20ClN3O3S. The summed E-state index contributed by atoms with van der Waals surface area (Å²) in [4.78, 5) is 14.1. The zero-order valence-electron chi connectivity index (χ0n) is 14.9. The molecule has 27 heavy (non-hydrogen) atoms. The number of hydrogen-bond acceptors (Lipinski definition) is 3.